The molecule has 26 heavy (non-hydrogen) atoms. The summed E-state index contributed by atoms with van der Waals surface area (Å²) in [4.78, 5) is 12.2. The highest BCUT2D eigenvalue weighted by atomic mass is 35.5. The minimum absolute atomic E-state index is 0. The van der Waals surface area contributed by atoms with Gasteiger partial charge in [-0.2, -0.15) is 0 Å². The van der Waals surface area contributed by atoms with Crippen molar-refractivity contribution in [2.75, 3.05) is 11.6 Å². The van der Waals surface area contributed by atoms with E-state index in [1.807, 2.05) is 37.3 Å². The van der Waals surface area contributed by atoms with Gasteiger partial charge in [0.25, 0.3) is 0 Å². The summed E-state index contributed by atoms with van der Waals surface area (Å²) < 4.78 is 5.84. The van der Waals surface area contributed by atoms with E-state index in [-0.39, 0.29) is 30.4 Å². The zero-order chi connectivity index (χ0) is 17.6. The van der Waals surface area contributed by atoms with Crippen LogP contribution in [0.5, 0.6) is 5.75 Å². The number of nitrogens with one attached hydrogen (secondary N) is 2. The maximum Gasteiger partial charge on any atom is 0.238 e. The predicted octanol–water partition coefficient (Wildman–Crippen LogP) is 3.84. The second-order valence-corrected chi connectivity index (χ2v) is 7.38. The number of halogens is 1. The highest BCUT2D eigenvalue weighted by Gasteiger charge is 2.23. The molecule has 2 unspecified atom stereocenters. The Bertz CT molecular complexity index is 718. The molecule has 0 radical (unpaired) electrons. The largest absolute Gasteiger partial charge is 0.489 e. The first-order valence-corrected chi connectivity index (χ1v) is 9.67. The Labute approximate surface area is 165 Å². The second kappa shape index (κ2) is 9.86. The van der Waals surface area contributed by atoms with Gasteiger partial charge in [0.1, 0.15) is 12.4 Å². The number of hydrogen-bond donors (Lipinski definition) is 2. The molecule has 2 aromatic rings. The molecule has 1 saturated heterocycles. The fraction of sp³-hybridized carbons (Fsp3) is 0.350. The van der Waals surface area contributed by atoms with Crippen molar-refractivity contribution in [3.63, 3.8) is 0 Å². The lowest BCUT2D eigenvalue weighted by atomic mass is 10.1. The molecule has 0 saturated carbocycles. The Morgan fingerprint density at radius 2 is 2.08 bits per heavy atom. The highest BCUT2D eigenvalue weighted by molar-refractivity contribution is 7.99. The standard InChI is InChI=1S/C20H24N2O2S.ClH/c1-14-4-3-5-16(10-14)11-24-18-8-6-17(7-9-18)15(2)22-20(23)19-12-25-13-21-19;/h3-10,15,19,21H,11-13H2,1-2H3,(H,22,23);1H. The quantitative estimate of drug-likeness (QED) is 0.784. The van der Waals surface area contributed by atoms with Gasteiger partial charge in [-0.1, -0.05) is 42.0 Å². The fourth-order valence-corrected chi connectivity index (χ4v) is 3.72. The lowest BCUT2D eigenvalue weighted by Gasteiger charge is -2.17. The molecule has 1 heterocycles. The third kappa shape index (κ3) is 5.66. The molecule has 0 aliphatic carbocycles. The zero-order valence-electron chi connectivity index (χ0n) is 15.0. The SMILES string of the molecule is Cc1cccc(COc2ccc(C(C)NC(=O)C3CSCN3)cc2)c1.Cl. The molecule has 4 nitrogen and oxygen atoms in total. The van der Waals surface area contributed by atoms with Gasteiger partial charge in [-0.3, -0.25) is 10.1 Å². The number of carbonyl (C=O) groups excluding carboxylic acids is 1. The molecule has 3 rings (SSSR count). The molecule has 2 N–H and O–H groups in total. The molecular formula is C20H25ClN2O2S. The molecule has 0 bridgehead atoms. The molecule has 6 heteroatoms. The van der Waals surface area contributed by atoms with Crippen molar-refractivity contribution in [1.29, 1.82) is 0 Å². The first kappa shape index (κ1) is 20.6. The van der Waals surface area contributed by atoms with Crippen LogP contribution in [0.4, 0.5) is 0 Å². The lowest BCUT2D eigenvalue weighted by Crippen LogP contribution is -2.42. The highest BCUT2D eigenvalue weighted by Crippen LogP contribution is 2.19. The monoisotopic (exact) mass is 392 g/mol. The van der Waals surface area contributed by atoms with Gasteiger partial charge in [-0.05, 0) is 37.1 Å². The molecule has 0 spiro atoms. The van der Waals surface area contributed by atoms with E-state index >= 15 is 0 Å². The van der Waals surface area contributed by atoms with Gasteiger partial charge in [0.05, 0.1) is 12.1 Å². The zero-order valence-corrected chi connectivity index (χ0v) is 16.7. The van der Waals surface area contributed by atoms with Crippen molar-refractivity contribution in [3.8, 4) is 5.75 Å². The van der Waals surface area contributed by atoms with E-state index in [2.05, 4.69) is 35.8 Å². The summed E-state index contributed by atoms with van der Waals surface area (Å²) in [6, 6.07) is 16.1. The Morgan fingerprint density at radius 3 is 2.73 bits per heavy atom. The van der Waals surface area contributed by atoms with E-state index in [9.17, 15) is 4.79 Å². The van der Waals surface area contributed by atoms with E-state index in [0.717, 1.165) is 28.5 Å². The average Bonchev–Trinajstić information content (AvgIpc) is 3.15. The molecule has 0 aromatic heterocycles. The molecule has 1 amide bonds. The van der Waals surface area contributed by atoms with Crippen LogP contribution in [0.15, 0.2) is 48.5 Å². The van der Waals surface area contributed by atoms with Gasteiger partial charge in [-0.15, -0.1) is 24.2 Å². The van der Waals surface area contributed by atoms with E-state index < -0.39 is 0 Å². The van der Waals surface area contributed by atoms with Crippen molar-refractivity contribution >= 4 is 30.1 Å². The van der Waals surface area contributed by atoms with Gasteiger partial charge >= 0.3 is 0 Å². The van der Waals surface area contributed by atoms with Gasteiger partial charge in [-0.25, -0.2) is 0 Å². The molecular weight excluding hydrogens is 368 g/mol. The van der Waals surface area contributed by atoms with Crippen molar-refractivity contribution < 1.29 is 9.53 Å². The van der Waals surface area contributed by atoms with Crippen LogP contribution in [-0.4, -0.2) is 23.6 Å². The van der Waals surface area contributed by atoms with Crippen LogP contribution in [0.25, 0.3) is 0 Å². The van der Waals surface area contributed by atoms with Gasteiger partial charge in [0.15, 0.2) is 0 Å². The number of ether oxygens (including phenoxy) is 1. The van der Waals surface area contributed by atoms with Crippen LogP contribution in [0, 0.1) is 6.92 Å². The van der Waals surface area contributed by atoms with Crippen LogP contribution in [-0.2, 0) is 11.4 Å². The van der Waals surface area contributed by atoms with Gasteiger partial charge in [0.2, 0.25) is 5.91 Å². The first-order chi connectivity index (χ1) is 12.1. The Morgan fingerprint density at radius 1 is 1.31 bits per heavy atom. The number of thioether (sulfide) groups is 1. The molecule has 1 aliphatic rings. The third-order valence-electron chi connectivity index (χ3n) is 4.26. The summed E-state index contributed by atoms with van der Waals surface area (Å²) in [6.07, 6.45) is 0. The van der Waals surface area contributed by atoms with E-state index in [1.165, 1.54) is 5.56 Å². The molecule has 140 valence electrons. The minimum atomic E-state index is -0.0793. The average molecular weight is 393 g/mol. The Kier molecular flexibility index (Phi) is 7.82. The number of aryl methyl sites for hydroxylation is 1. The minimum Gasteiger partial charge on any atom is -0.489 e. The van der Waals surface area contributed by atoms with Crippen LogP contribution in [0.2, 0.25) is 0 Å². The maximum absolute atomic E-state index is 12.2. The summed E-state index contributed by atoms with van der Waals surface area (Å²) in [7, 11) is 0. The third-order valence-corrected chi connectivity index (χ3v) is 5.20. The van der Waals surface area contributed by atoms with E-state index in [0.29, 0.717) is 6.61 Å². The lowest BCUT2D eigenvalue weighted by molar-refractivity contribution is -0.123. The fourth-order valence-electron chi connectivity index (χ4n) is 2.78. The number of rotatable bonds is 6. The number of carbonyl (C=O) groups is 1. The van der Waals surface area contributed by atoms with E-state index in [1.54, 1.807) is 11.8 Å². The van der Waals surface area contributed by atoms with Crippen molar-refractivity contribution in [2.45, 2.75) is 32.5 Å². The van der Waals surface area contributed by atoms with Crippen LogP contribution >= 0.6 is 24.2 Å². The Hall–Kier alpha value is -1.69. The number of benzene rings is 2. The van der Waals surface area contributed by atoms with Crippen molar-refractivity contribution in [3.05, 3.63) is 65.2 Å². The molecule has 1 aliphatic heterocycles. The molecule has 2 atom stereocenters. The van der Waals surface area contributed by atoms with Gasteiger partial charge in [0, 0.05) is 11.6 Å². The van der Waals surface area contributed by atoms with Crippen LogP contribution in [0.3, 0.4) is 0 Å². The smallest absolute Gasteiger partial charge is 0.238 e. The summed E-state index contributed by atoms with van der Waals surface area (Å²) in [5, 5.41) is 6.26. The van der Waals surface area contributed by atoms with Crippen LogP contribution in [0.1, 0.15) is 29.7 Å². The summed E-state index contributed by atoms with van der Waals surface area (Å²) >= 11 is 1.75. The van der Waals surface area contributed by atoms with E-state index in [4.69, 9.17) is 4.74 Å². The summed E-state index contributed by atoms with van der Waals surface area (Å²) in [5.74, 6) is 2.58. The Balaban J connectivity index is 0.00000243. The normalized spacial score (nSPS) is 17.2. The molecule has 1 fully saturated rings. The number of hydrogen-bond acceptors (Lipinski definition) is 4. The predicted molar refractivity (Wildman–Crippen MR) is 110 cm³/mol. The topological polar surface area (TPSA) is 50.4 Å². The molecule has 2 aromatic carbocycles. The number of amides is 1. The summed E-state index contributed by atoms with van der Waals surface area (Å²) in [5.41, 5.74) is 3.46. The first-order valence-electron chi connectivity index (χ1n) is 8.51. The van der Waals surface area contributed by atoms with Crippen molar-refractivity contribution in [1.82, 2.24) is 10.6 Å². The van der Waals surface area contributed by atoms with Crippen molar-refractivity contribution in [2.24, 2.45) is 0 Å². The van der Waals surface area contributed by atoms with Gasteiger partial charge < -0.3 is 10.1 Å². The van der Waals surface area contributed by atoms with Crippen LogP contribution < -0.4 is 15.4 Å². The maximum atomic E-state index is 12.2. The second-order valence-electron chi connectivity index (χ2n) is 6.35. The summed E-state index contributed by atoms with van der Waals surface area (Å²) in [6.45, 7) is 4.63.